The fourth-order valence-corrected chi connectivity index (χ4v) is 4.28. The Bertz CT molecular complexity index is 1630. The minimum atomic E-state index is -0.504. The van der Waals surface area contributed by atoms with Gasteiger partial charge in [0, 0.05) is 29.0 Å². The molecule has 0 bridgehead atoms. The van der Waals surface area contributed by atoms with Gasteiger partial charge in [-0.05, 0) is 60.7 Å². The van der Waals surface area contributed by atoms with Gasteiger partial charge in [-0.15, -0.1) is 0 Å². The maximum Gasteiger partial charge on any atom is 0.267 e. The van der Waals surface area contributed by atoms with Gasteiger partial charge in [0.05, 0.1) is 22.3 Å². The summed E-state index contributed by atoms with van der Waals surface area (Å²) in [6.07, 6.45) is 3.45. The van der Waals surface area contributed by atoms with Gasteiger partial charge < -0.3 is 10.5 Å². The van der Waals surface area contributed by atoms with E-state index < -0.39 is 17.6 Å². The van der Waals surface area contributed by atoms with Gasteiger partial charge >= 0.3 is 0 Å². The summed E-state index contributed by atoms with van der Waals surface area (Å²) < 4.78 is 21.8. The molecule has 36 heavy (non-hydrogen) atoms. The van der Waals surface area contributed by atoms with Crippen molar-refractivity contribution < 1.29 is 18.7 Å². The van der Waals surface area contributed by atoms with E-state index in [0.29, 0.717) is 22.2 Å². The second-order valence-corrected chi connectivity index (χ2v) is 8.27. The topological polar surface area (TPSA) is 103 Å². The molecular formula is C27H18FN5O3. The van der Waals surface area contributed by atoms with Crippen LogP contribution >= 0.6 is 0 Å². The normalized spacial score (nSPS) is 12.9. The van der Waals surface area contributed by atoms with Crippen molar-refractivity contribution in [2.24, 2.45) is 0 Å². The zero-order chi connectivity index (χ0) is 24.8. The predicted molar refractivity (Wildman–Crippen MR) is 132 cm³/mol. The van der Waals surface area contributed by atoms with Gasteiger partial charge in [0.15, 0.2) is 11.6 Å². The maximum absolute atomic E-state index is 14.0. The van der Waals surface area contributed by atoms with Crippen molar-refractivity contribution in [3.05, 3.63) is 108 Å². The highest BCUT2D eigenvalue weighted by Gasteiger charge is 2.39. The highest BCUT2D eigenvalue weighted by atomic mass is 19.1. The van der Waals surface area contributed by atoms with E-state index in [4.69, 9.17) is 10.5 Å². The fraction of sp³-hybridized carbons (Fsp3) is 0.0370. The number of aromatic nitrogens is 3. The number of carbonyl (C=O) groups is 2. The number of nitrogen functional groups attached to an aromatic ring is 1. The van der Waals surface area contributed by atoms with Crippen LogP contribution in [0, 0.1) is 5.82 Å². The number of fused-ring (bicyclic) bond motifs is 2. The summed E-state index contributed by atoms with van der Waals surface area (Å²) in [4.78, 5) is 31.9. The van der Waals surface area contributed by atoms with Gasteiger partial charge in [0.1, 0.15) is 12.4 Å². The molecule has 3 aromatic carbocycles. The summed E-state index contributed by atoms with van der Waals surface area (Å²) >= 11 is 0. The van der Waals surface area contributed by atoms with Crippen molar-refractivity contribution in [2.75, 3.05) is 10.6 Å². The van der Waals surface area contributed by atoms with E-state index >= 15 is 0 Å². The molecule has 0 fully saturated rings. The predicted octanol–water partition coefficient (Wildman–Crippen LogP) is 4.52. The van der Waals surface area contributed by atoms with Gasteiger partial charge in [-0.25, -0.2) is 19.0 Å². The van der Waals surface area contributed by atoms with Gasteiger partial charge in [-0.2, -0.15) is 5.10 Å². The molecular weight excluding hydrogens is 461 g/mol. The second-order valence-electron chi connectivity index (χ2n) is 8.27. The van der Waals surface area contributed by atoms with Crippen LogP contribution in [0.25, 0.3) is 16.6 Å². The van der Waals surface area contributed by atoms with Crippen LogP contribution in [0.4, 0.5) is 15.9 Å². The molecule has 2 N–H and O–H groups in total. The van der Waals surface area contributed by atoms with Crippen LogP contribution in [0.2, 0.25) is 0 Å². The van der Waals surface area contributed by atoms with Crippen molar-refractivity contribution >= 4 is 34.2 Å². The molecule has 2 aromatic heterocycles. The van der Waals surface area contributed by atoms with E-state index in [9.17, 15) is 14.0 Å². The number of imide groups is 1. The number of rotatable bonds is 5. The van der Waals surface area contributed by atoms with E-state index in [1.165, 1.54) is 18.2 Å². The summed E-state index contributed by atoms with van der Waals surface area (Å²) in [5.74, 6) is -1.27. The molecule has 3 heterocycles. The number of nitrogens with two attached hydrogens (primary N) is 1. The lowest BCUT2D eigenvalue weighted by atomic mass is 10.1. The standard InChI is InChI=1S/C27H18FN5O3/c28-18-6-8-22-16(12-18)14-24(25(31-22)33-26(34)20-4-1-2-5-21(20)27(33)35)36-15-17-13-19(29)7-9-23(17)32-11-3-10-30-32/h1-14H,15,29H2. The summed E-state index contributed by atoms with van der Waals surface area (Å²) in [5.41, 5.74) is 8.99. The number of ether oxygens (including phenoxy) is 1. The summed E-state index contributed by atoms with van der Waals surface area (Å²) in [6, 6.07) is 19.3. The third-order valence-electron chi connectivity index (χ3n) is 5.97. The van der Waals surface area contributed by atoms with E-state index in [1.54, 1.807) is 65.6 Å². The number of carbonyl (C=O) groups excluding carboxylic acids is 2. The van der Waals surface area contributed by atoms with Crippen LogP contribution in [-0.2, 0) is 6.61 Å². The molecule has 0 atom stereocenters. The Morgan fingerprint density at radius 3 is 2.42 bits per heavy atom. The van der Waals surface area contributed by atoms with E-state index in [0.717, 1.165) is 10.6 Å². The van der Waals surface area contributed by atoms with Crippen molar-refractivity contribution in [1.82, 2.24) is 14.8 Å². The number of nitrogens with zero attached hydrogens (tertiary/aromatic N) is 4. The van der Waals surface area contributed by atoms with E-state index in [1.807, 2.05) is 6.07 Å². The highest BCUT2D eigenvalue weighted by Crippen LogP contribution is 2.36. The zero-order valence-electron chi connectivity index (χ0n) is 18.8. The fourth-order valence-electron chi connectivity index (χ4n) is 4.28. The van der Waals surface area contributed by atoms with Gasteiger partial charge in [0.2, 0.25) is 0 Å². The minimum Gasteiger partial charge on any atom is -0.485 e. The molecule has 5 aromatic rings. The highest BCUT2D eigenvalue weighted by molar-refractivity contribution is 6.34. The molecule has 0 saturated carbocycles. The molecule has 1 aliphatic heterocycles. The van der Waals surface area contributed by atoms with Crippen LogP contribution in [0.1, 0.15) is 26.3 Å². The first-order chi connectivity index (χ1) is 17.5. The Kier molecular flexibility index (Phi) is 4.96. The first kappa shape index (κ1) is 21.5. The largest absolute Gasteiger partial charge is 0.485 e. The number of hydrogen-bond acceptors (Lipinski definition) is 6. The molecule has 9 heteroatoms. The van der Waals surface area contributed by atoms with Crippen LogP contribution in [0.3, 0.4) is 0 Å². The Hall–Kier alpha value is -5.05. The number of pyridine rings is 1. The lowest BCUT2D eigenvalue weighted by Crippen LogP contribution is -2.30. The second kappa shape index (κ2) is 8.31. The van der Waals surface area contributed by atoms with Crippen molar-refractivity contribution in [1.29, 1.82) is 0 Å². The average Bonchev–Trinajstić information content (AvgIpc) is 3.50. The number of benzene rings is 3. The number of halogens is 1. The molecule has 6 rings (SSSR count). The lowest BCUT2D eigenvalue weighted by molar-refractivity contribution is 0.0923. The van der Waals surface area contributed by atoms with E-state index in [2.05, 4.69) is 10.1 Å². The molecule has 2 amide bonds. The quantitative estimate of drug-likeness (QED) is 0.294. The minimum absolute atomic E-state index is 0.0267. The number of hydrogen-bond donors (Lipinski definition) is 1. The van der Waals surface area contributed by atoms with Crippen molar-refractivity contribution in [3.8, 4) is 11.4 Å². The van der Waals surface area contributed by atoms with Crippen LogP contribution in [-0.4, -0.2) is 26.6 Å². The SMILES string of the molecule is Nc1ccc(-n2cccn2)c(COc2cc3cc(F)ccc3nc2N2C(=O)c3ccccc3C2=O)c1. The van der Waals surface area contributed by atoms with Crippen LogP contribution < -0.4 is 15.4 Å². The van der Waals surface area contributed by atoms with E-state index in [-0.39, 0.29) is 29.3 Å². The molecule has 8 nitrogen and oxygen atoms in total. The summed E-state index contributed by atoms with van der Waals surface area (Å²) in [7, 11) is 0. The molecule has 0 radical (unpaired) electrons. The van der Waals surface area contributed by atoms with Crippen molar-refractivity contribution in [2.45, 2.75) is 6.61 Å². The number of anilines is 2. The lowest BCUT2D eigenvalue weighted by Gasteiger charge is -2.19. The molecule has 0 spiro atoms. The first-order valence-corrected chi connectivity index (χ1v) is 11.1. The van der Waals surface area contributed by atoms with Gasteiger partial charge in [-0.1, -0.05) is 12.1 Å². The average molecular weight is 479 g/mol. The zero-order valence-corrected chi connectivity index (χ0v) is 18.8. The molecule has 176 valence electrons. The Morgan fingerprint density at radius 1 is 0.917 bits per heavy atom. The monoisotopic (exact) mass is 479 g/mol. The molecule has 0 aliphatic carbocycles. The summed E-state index contributed by atoms with van der Waals surface area (Å²) in [5, 5.41) is 4.74. The molecule has 1 aliphatic rings. The van der Waals surface area contributed by atoms with Crippen molar-refractivity contribution in [3.63, 3.8) is 0 Å². The third-order valence-corrected chi connectivity index (χ3v) is 5.97. The molecule has 0 unspecified atom stereocenters. The Labute approximate surface area is 204 Å². The number of amides is 2. The maximum atomic E-state index is 14.0. The third kappa shape index (κ3) is 3.54. The Balaban J connectivity index is 1.45. The Morgan fingerprint density at radius 2 is 1.69 bits per heavy atom. The first-order valence-electron chi connectivity index (χ1n) is 11.1. The summed E-state index contributed by atoms with van der Waals surface area (Å²) in [6.45, 7) is 0.0267. The van der Waals surface area contributed by atoms with Crippen LogP contribution in [0.15, 0.2) is 85.2 Å². The van der Waals surface area contributed by atoms with Crippen LogP contribution in [0.5, 0.6) is 5.75 Å². The van der Waals surface area contributed by atoms with Gasteiger partial charge in [0.25, 0.3) is 11.8 Å². The smallest absolute Gasteiger partial charge is 0.267 e. The van der Waals surface area contributed by atoms with Gasteiger partial charge in [-0.3, -0.25) is 9.59 Å². The molecule has 0 saturated heterocycles.